The van der Waals surface area contributed by atoms with Crippen LogP contribution >= 0.6 is 11.6 Å². The number of rotatable bonds is 4. The number of halogens is 2. The van der Waals surface area contributed by atoms with Gasteiger partial charge < -0.3 is 5.73 Å². The van der Waals surface area contributed by atoms with Gasteiger partial charge in [0.05, 0.1) is 10.8 Å². The van der Waals surface area contributed by atoms with E-state index in [2.05, 4.69) is 15.0 Å². The van der Waals surface area contributed by atoms with E-state index in [1.807, 2.05) is 0 Å². The number of sulfone groups is 1. The normalized spacial score (nSPS) is 23.8. The van der Waals surface area contributed by atoms with Crippen LogP contribution in [-0.4, -0.2) is 40.5 Å². The van der Waals surface area contributed by atoms with Gasteiger partial charge in [0, 0.05) is 24.4 Å². The second kappa shape index (κ2) is 6.81. The highest BCUT2D eigenvalue weighted by Crippen LogP contribution is 2.50. The first-order valence-corrected chi connectivity index (χ1v) is 11.4. The van der Waals surface area contributed by atoms with E-state index >= 15 is 0 Å². The van der Waals surface area contributed by atoms with Crippen molar-refractivity contribution in [2.75, 3.05) is 5.75 Å². The molecular formula is C20H20ClFN4O3S. The third-order valence-electron chi connectivity index (χ3n) is 5.75. The lowest BCUT2D eigenvalue weighted by atomic mass is 9.93. The number of aryl methyl sites for hydroxylation is 1. The molecule has 0 aromatic carbocycles. The average molecular weight is 451 g/mol. The first-order chi connectivity index (χ1) is 14.0. The highest BCUT2D eigenvalue weighted by Gasteiger charge is 2.62. The van der Waals surface area contributed by atoms with Crippen molar-refractivity contribution in [3.8, 4) is 0 Å². The summed E-state index contributed by atoms with van der Waals surface area (Å²) in [5.74, 6) is -1.48. The van der Waals surface area contributed by atoms with Gasteiger partial charge >= 0.3 is 0 Å². The lowest BCUT2D eigenvalue weighted by Crippen LogP contribution is -2.50. The van der Waals surface area contributed by atoms with Gasteiger partial charge in [-0.05, 0) is 49.9 Å². The van der Waals surface area contributed by atoms with Gasteiger partial charge in [-0.3, -0.25) is 14.8 Å². The summed E-state index contributed by atoms with van der Waals surface area (Å²) in [5.41, 5.74) is 5.88. The van der Waals surface area contributed by atoms with Crippen molar-refractivity contribution >= 4 is 33.1 Å². The Morgan fingerprint density at radius 2 is 1.97 bits per heavy atom. The molecule has 0 unspecified atom stereocenters. The largest absolute Gasteiger partial charge is 0.386 e. The molecule has 10 heteroatoms. The van der Waals surface area contributed by atoms with E-state index < -0.39 is 26.1 Å². The number of hydrogen-bond donors (Lipinski definition) is 1. The third-order valence-corrected chi connectivity index (χ3v) is 8.71. The molecule has 2 aromatic rings. The fourth-order valence-corrected chi connectivity index (χ4v) is 6.49. The van der Waals surface area contributed by atoms with Crippen LogP contribution in [0.5, 0.6) is 0 Å². The molecular weight excluding hydrogens is 431 g/mol. The minimum absolute atomic E-state index is 0.00406. The van der Waals surface area contributed by atoms with E-state index in [4.69, 9.17) is 17.3 Å². The van der Waals surface area contributed by atoms with Gasteiger partial charge in [0.15, 0.2) is 15.6 Å². The quantitative estimate of drug-likeness (QED) is 0.565. The number of hydrogen-bond acceptors (Lipinski definition) is 7. The van der Waals surface area contributed by atoms with Gasteiger partial charge in [0.1, 0.15) is 21.8 Å². The zero-order chi connectivity index (χ0) is 21.9. The molecule has 158 valence electrons. The summed E-state index contributed by atoms with van der Waals surface area (Å²) in [6.07, 6.45) is 3.42. The topological polar surface area (TPSA) is 115 Å². The molecule has 2 aromatic heterocycles. The van der Waals surface area contributed by atoms with Crippen molar-refractivity contribution in [2.24, 2.45) is 10.7 Å². The van der Waals surface area contributed by atoms with Crippen LogP contribution in [0.1, 0.15) is 46.9 Å². The summed E-state index contributed by atoms with van der Waals surface area (Å²) in [6, 6.07) is 3.07. The molecule has 1 fully saturated rings. The van der Waals surface area contributed by atoms with E-state index in [1.165, 1.54) is 25.4 Å². The van der Waals surface area contributed by atoms with Crippen LogP contribution in [0.4, 0.5) is 4.39 Å². The lowest BCUT2D eigenvalue weighted by Gasteiger charge is -2.34. The lowest BCUT2D eigenvalue weighted by molar-refractivity contribution is 0.0987. The second-order valence-corrected chi connectivity index (χ2v) is 10.9. The van der Waals surface area contributed by atoms with Gasteiger partial charge in [-0.15, -0.1) is 0 Å². The van der Waals surface area contributed by atoms with Gasteiger partial charge in [-0.25, -0.2) is 13.4 Å². The summed E-state index contributed by atoms with van der Waals surface area (Å²) in [4.78, 5) is 24.9. The molecule has 1 saturated carbocycles. The van der Waals surface area contributed by atoms with E-state index in [1.54, 1.807) is 13.0 Å². The Hall–Kier alpha value is -2.39. The molecule has 0 amide bonds. The molecule has 3 heterocycles. The maximum Gasteiger partial charge on any atom is 0.218 e. The fraction of sp³-hybridized carbons (Fsp3) is 0.400. The van der Waals surface area contributed by atoms with Crippen LogP contribution in [0.3, 0.4) is 0 Å². The van der Waals surface area contributed by atoms with Crippen LogP contribution in [0.2, 0.25) is 5.02 Å². The van der Waals surface area contributed by atoms with E-state index in [-0.39, 0.29) is 35.0 Å². The molecule has 30 heavy (non-hydrogen) atoms. The zero-order valence-electron chi connectivity index (χ0n) is 16.4. The monoisotopic (exact) mass is 450 g/mol. The highest BCUT2D eigenvalue weighted by atomic mass is 35.5. The zero-order valence-corrected chi connectivity index (χ0v) is 18.0. The molecule has 2 N–H and O–H groups in total. The predicted octanol–water partition coefficient (Wildman–Crippen LogP) is 2.54. The molecule has 2 aliphatic rings. The van der Waals surface area contributed by atoms with Gasteiger partial charge in [0.25, 0.3) is 0 Å². The second-order valence-electron chi connectivity index (χ2n) is 8.13. The highest BCUT2D eigenvalue weighted by molar-refractivity contribution is 7.94. The first-order valence-electron chi connectivity index (χ1n) is 9.36. The Bertz CT molecular complexity index is 1210. The minimum atomic E-state index is -3.60. The summed E-state index contributed by atoms with van der Waals surface area (Å²) in [5, 5.41) is 0.421. The number of carbonyl (C=O) groups is 1. The molecule has 1 aliphatic carbocycles. The molecule has 0 radical (unpaired) electrons. The van der Waals surface area contributed by atoms with Crippen molar-refractivity contribution in [3.05, 3.63) is 57.9 Å². The third kappa shape index (κ3) is 3.30. The Morgan fingerprint density at radius 3 is 2.57 bits per heavy atom. The van der Waals surface area contributed by atoms with Crippen LogP contribution in [0, 0.1) is 12.9 Å². The summed E-state index contributed by atoms with van der Waals surface area (Å²) < 4.78 is 39.2. The number of aliphatic imine (C=N–C) groups is 1. The number of ketones is 1. The molecule has 4 rings (SSSR count). The summed E-state index contributed by atoms with van der Waals surface area (Å²) in [7, 11) is -3.60. The van der Waals surface area contributed by atoms with Crippen LogP contribution in [0.15, 0.2) is 29.5 Å². The van der Waals surface area contributed by atoms with Crippen molar-refractivity contribution in [1.82, 2.24) is 9.97 Å². The molecule has 0 saturated heterocycles. The maximum atomic E-state index is 14.6. The number of amidine groups is 1. The van der Waals surface area contributed by atoms with Crippen LogP contribution in [-0.2, 0) is 21.8 Å². The fourth-order valence-electron chi connectivity index (χ4n) is 3.95. The van der Waals surface area contributed by atoms with E-state index in [9.17, 15) is 17.6 Å². The Kier molecular flexibility index (Phi) is 4.74. The predicted molar refractivity (Wildman–Crippen MR) is 111 cm³/mol. The van der Waals surface area contributed by atoms with Gasteiger partial charge in [0.2, 0.25) is 5.95 Å². The number of Topliss-reactive ketones (excluding diaryl/α,β-unsaturated/α-hetero) is 1. The smallest absolute Gasteiger partial charge is 0.218 e. The summed E-state index contributed by atoms with van der Waals surface area (Å²) in [6.45, 7) is 3.24. The molecule has 1 atom stereocenters. The van der Waals surface area contributed by atoms with Crippen LogP contribution < -0.4 is 5.73 Å². The number of aromatic nitrogens is 2. The average Bonchev–Trinajstić information content (AvgIpc) is 3.44. The van der Waals surface area contributed by atoms with Crippen molar-refractivity contribution in [3.63, 3.8) is 0 Å². The molecule has 1 aliphatic heterocycles. The Morgan fingerprint density at radius 1 is 1.27 bits per heavy atom. The number of nitrogens with zero attached hydrogens (tertiary/aromatic N) is 3. The Labute approximate surface area is 178 Å². The van der Waals surface area contributed by atoms with Crippen molar-refractivity contribution in [2.45, 2.75) is 43.4 Å². The summed E-state index contributed by atoms with van der Waals surface area (Å²) >= 11 is 5.88. The first kappa shape index (κ1) is 20.9. The van der Waals surface area contributed by atoms with E-state index in [0.29, 0.717) is 29.0 Å². The van der Waals surface area contributed by atoms with Gasteiger partial charge in [-0.2, -0.15) is 4.39 Å². The van der Waals surface area contributed by atoms with Crippen molar-refractivity contribution in [1.29, 1.82) is 0 Å². The molecule has 0 bridgehead atoms. The molecule has 1 spiro atoms. The van der Waals surface area contributed by atoms with E-state index in [0.717, 1.165) is 0 Å². The van der Waals surface area contributed by atoms with Gasteiger partial charge in [-0.1, -0.05) is 11.6 Å². The van der Waals surface area contributed by atoms with Crippen LogP contribution in [0.25, 0.3) is 0 Å². The number of pyridine rings is 2. The minimum Gasteiger partial charge on any atom is -0.386 e. The number of carbonyl (C=O) groups excluding carboxylic acids is 1. The maximum absolute atomic E-state index is 14.6. The SMILES string of the molecule is Cc1cc(Cl)cnc1C(=O)Cc1cnc(F)c([C@]2(C)CS(=O)(=O)C3(CC3)C(N)=N2)c1. The Balaban J connectivity index is 1.69. The number of nitrogens with two attached hydrogens (primary N) is 1. The molecule has 7 nitrogen and oxygen atoms in total. The standard InChI is InChI=1S/C20H20ClFN4O3S/c1-11-5-13(21)9-24-16(11)15(27)7-12-6-14(17(22)25-8-12)19(2)10-30(28,29)20(3-4-20)18(23)26-19/h5-6,8-9H,3-4,7,10H2,1-2H3,(H2,23,26)/t19-/m0/s1. The van der Waals surface area contributed by atoms with Crippen molar-refractivity contribution < 1.29 is 17.6 Å².